The van der Waals surface area contributed by atoms with Crippen molar-refractivity contribution in [1.82, 2.24) is 16.0 Å². The lowest BCUT2D eigenvalue weighted by atomic mass is 10.0. The Hall–Kier alpha value is -2.90. The van der Waals surface area contributed by atoms with Crippen LogP contribution in [0.25, 0.3) is 0 Å². The second-order valence-corrected chi connectivity index (χ2v) is 7.20. The third-order valence-corrected chi connectivity index (χ3v) is 4.06. The van der Waals surface area contributed by atoms with Gasteiger partial charge in [0.25, 0.3) is 0 Å². The molecular weight excluding hydrogens is 374 g/mol. The maximum Gasteiger partial charge on any atom is 0.407 e. The van der Waals surface area contributed by atoms with Crippen LogP contribution < -0.4 is 16.0 Å². The first-order chi connectivity index (χ1) is 13.8. The van der Waals surface area contributed by atoms with E-state index in [2.05, 4.69) is 16.0 Å². The quantitative estimate of drug-likeness (QED) is 0.460. The van der Waals surface area contributed by atoms with E-state index in [0.717, 1.165) is 12.0 Å². The van der Waals surface area contributed by atoms with Gasteiger partial charge in [-0.05, 0) is 24.3 Å². The fraction of sp³-hybridized carbons (Fsp3) is 0.524. The summed E-state index contributed by atoms with van der Waals surface area (Å²) < 4.78 is 5.04. The monoisotopic (exact) mass is 405 g/mol. The van der Waals surface area contributed by atoms with Crippen LogP contribution in [0.15, 0.2) is 30.3 Å². The second kappa shape index (κ2) is 13.3. The van der Waals surface area contributed by atoms with Crippen LogP contribution in [-0.2, 0) is 25.7 Å². The molecule has 2 atom stereocenters. The highest BCUT2D eigenvalue weighted by Gasteiger charge is 2.24. The summed E-state index contributed by atoms with van der Waals surface area (Å²) in [6.07, 6.45) is 1.66. The zero-order valence-corrected chi connectivity index (χ0v) is 17.3. The van der Waals surface area contributed by atoms with Crippen molar-refractivity contribution in [3.63, 3.8) is 0 Å². The SMILES string of the molecule is CCC[C@@H](C=O)NC(=O)[C@H](CC(C)C)NC(=O)CNC(=O)OCc1ccccc1. The van der Waals surface area contributed by atoms with Crippen molar-refractivity contribution in [2.75, 3.05) is 6.54 Å². The second-order valence-electron chi connectivity index (χ2n) is 7.20. The average Bonchev–Trinajstić information content (AvgIpc) is 2.70. The molecule has 0 heterocycles. The van der Waals surface area contributed by atoms with Crippen molar-refractivity contribution in [3.05, 3.63) is 35.9 Å². The Morgan fingerprint density at radius 2 is 1.79 bits per heavy atom. The maximum atomic E-state index is 12.5. The molecule has 8 nitrogen and oxygen atoms in total. The fourth-order valence-corrected chi connectivity index (χ4v) is 2.64. The predicted molar refractivity (Wildman–Crippen MR) is 109 cm³/mol. The number of carbonyl (C=O) groups is 4. The lowest BCUT2D eigenvalue weighted by Crippen LogP contribution is -2.52. The third-order valence-electron chi connectivity index (χ3n) is 4.06. The van der Waals surface area contributed by atoms with E-state index in [1.165, 1.54) is 0 Å². The summed E-state index contributed by atoms with van der Waals surface area (Å²) in [6, 6.07) is 7.80. The van der Waals surface area contributed by atoms with Crippen molar-refractivity contribution in [1.29, 1.82) is 0 Å². The summed E-state index contributed by atoms with van der Waals surface area (Å²) >= 11 is 0. The number of amides is 3. The standard InChI is InChI=1S/C21H31N3O5/c1-4-8-17(13-25)23-20(27)18(11-15(2)3)24-19(26)12-22-21(28)29-14-16-9-6-5-7-10-16/h5-7,9-10,13,15,17-18H,4,8,11-12,14H2,1-3H3,(H,22,28)(H,23,27)(H,24,26)/t17-,18-/m0/s1. The molecule has 0 unspecified atom stereocenters. The molecule has 8 heteroatoms. The summed E-state index contributed by atoms with van der Waals surface area (Å²) in [5.41, 5.74) is 0.831. The number of aldehydes is 1. The van der Waals surface area contributed by atoms with E-state index in [1.807, 2.05) is 51.1 Å². The van der Waals surface area contributed by atoms with Crippen molar-refractivity contribution in [2.45, 2.75) is 58.7 Å². The van der Waals surface area contributed by atoms with Crippen LogP contribution in [0.5, 0.6) is 0 Å². The Bertz CT molecular complexity index is 664. The molecule has 160 valence electrons. The van der Waals surface area contributed by atoms with Crippen LogP contribution in [0, 0.1) is 5.92 Å². The topological polar surface area (TPSA) is 114 Å². The lowest BCUT2D eigenvalue weighted by molar-refractivity contribution is -0.130. The van der Waals surface area contributed by atoms with Gasteiger partial charge in [0.2, 0.25) is 11.8 Å². The van der Waals surface area contributed by atoms with Crippen LogP contribution in [-0.4, -0.2) is 42.8 Å². The highest BCUT2D eigenvalue weighted by molar-refractivity contribution is 5.90. The molecule has 0 aliphatic carbocycles. The van der Waals surface area contributed by atoms with Gasteiger partial charge < -0.3 is 25.5 Å². The van der Waals surface area contributed by atoms with Crippen LogP contribution in [0.3, 0.4) is 0 Å². The molecule has 0 saturated heterocycles. The molecule has 0 bridgehead atoms. The molecule has 1 rings (SSSR count). The molecule has 3 amide bonds. The first-order valence-corrected chi connectivity index (χ1v) is 9.85. The minimum atomic E-state index is -0.788. The number of rotatable bonds is 12. The van der Waals surface area contributed by atoms with Crippen molar-refractivity contribution in [3.8, 4) is 0 Å². The molecule has 0 aliphatic heterocycles. The van der Waals surface area contributed by atoms with Gasteiger partial charge in [0.1, 0.15) is 25.5 Å². The molecule has 3 N–H and O–H groups in total. The summed E-state index contributed by atoms with van der Waals surface area (Å²) in [4.78, 5) is 47.4. The Balaban J connectivity index is 2.49. The summed E-state index contributed by atoms with van der Waals surface area (Å²) in [6.45, 7) is 5.54. The van der Waals surface area contributed by atoms with Crippen molar-refractivity contribution >= 4 is 24.2 Å². The van der Waals surface area contributed by atoms with Gasteiger partial charge in [-0.2, -0.15) is 0 Å². The van der Waals surface area contributed by atoms with Gasteiger partial charge in [0.15, 0.2) is 0 Å². The number of alkyl carbamates (subject to hydrolysis) is 1. The van der Waals surface area contributed by atoms with E-state index in [1.54, 1.807) is 0 Å². The summed E-state index contributed by atoms with van der Waals surface area (Å²) in [5, 5.41) is 7.62. The van der Waals surface area contributed by atoms with Crippen LogP contribution in [0.1, 0.15) is 45.6 Å². The largest absolute Gasteiger partial charge is 0.445 e. The van der Waals surface area contributed by atoms with E-state index in [4.69, 9.17) is 4.74 Å². The number of nitrogens with one attached hydrogen (secondary N) is 3. The molecule has 0 fully saturated rings. The Labute approximate surface area is 171 Å². The zero-order valence-electron chi connectivity index (χ0n) is 17.3. The molecular formula is C21H31N3O5. The summed E-state index contributed by atoms with van der Waals surface area (Å²) in [7, 11) is 0. The van der Waals surface area contributed by atoms with Gasteiger partial charge in [0.05, 0.1) is 6.04 Å². The summed E-state index contributed by atoms with van der Waals surface area (Å²) in [5.74, 6) is -0.777. The minimum Gasteiger partial charge on any atom is -0.445 e. The predicted octanol–water partition coefficient (Wildman–Crippen LogP) is 1.93. The number of hydrogen-bond donors (Lipinski definition) is 3. The van der Waals surface area contributed by atoms with Gasteiger partial charge in [-0.25, -0.2) is 4.79 Å². The highest BCUT2D eigenvalue weighted by atomic mass is 16.5. The minimum absolute atomic E-state index is 0.0944. The Kier molecular flexibility index (Phi) is 11.1. The molecule has 0 aromatic heterocycles. The molecule has 0 spiro atoms. The van der Waals surface area contributed by atoms with Crippen molar-refractivity contribution in [2.24, 2.45) is 5.92 Å². The van der Waals surface area contributed by atoms with E-state index >= 15 is 0 Å². The average molecular weight is 405 g/mol. The van der Waals surface area contributed by atoms with E-state index in [9.17, 15) is 19.2 Å². The lowest BCUT2D eigenvalue weighted by Gasteiger charge is -2.22. The molecule has 29 heavy (non-hydrogen) atoms. The third kappa shape index (κ3) is 10.3. The van der Waals surface area contributed by atoms with Crippen LogP contribution >= 0.6 is 0 Å². The molecule has 0 aliphatic rings. The molecule has 0 radical (unpaired) electrons. The smallest absolute Gasteiger partial charge is 0.407 e. The van der Waals surface area contributed by atoms with Gasteiger partial charge in [-0.15, -0.1) is 0 Å². The molecule has 1 aromatic carbocycles. The van der Waals surface area contributed by atoms with Gasteiger partial charge >= 0.3 is 6.09 Å². The van der Waals surface area contributed by atoms with Gasteiger partial charge in [-0.3, -0.25) is 9.59 Å². The maximum absolute atomic E-state index is 12.5. The number of ether oxygens (including phenoxy) is 1. The van der Waals surface area contributed by atoms with Crippen molar-refractivity contribution < 1.29 is 23.9 Å². The van der Waals surface area contributed by atoms with E-state index in [0.29, 0.717) is 19.1 Å². The highest BCUT2D eigenvalue weighted by Crippen LogP contribution is 2.06. The van der Waals surface area contributed by atoms with Gasteiger partial charge in [0, 0.05) is 0 Å². The Morgan fingerprint density at radius 1 is 1.10 bits per heavy atom. The van der Waals surface area contributed by atoms with Crippen LogP contribution in [0.2, 0.25) is 0 Å². The molecule has 1 aromatic rings. The van der Waals surface area contributed by atoms with Gasteiger partial charge in [-0.1, -0.05) is 57.5 Å². The van der Waals surface area contributed by atoms with E-state index in [-0.39, 0.29) is 19.1 Å². The first-order valence-electron chi connectivity index (χ1n) is 9.85. The molecule has 0 saturated carbocycles. The number of carbonyl (C=O) groups excluding carboxylic acids is 4. The normalized spacial score (nSPS) is 12.6. The Morgan fingerprint density at radius 3 is 2.38 bits per heavy atom. The number of hydrogen-bond acceptors (Lipinski definition) is 5. The van der Waals surface area contributed by atoms with E-state index < -0.39 is 30.0 Å². The first kappa shape index (κ1) is 24.1. The number of benzene rings is 1. The fourth-order valence-electron chi connectivity index (χ4n) is 2.64. The zero-order chi connectivity index (χ0) is 21.6. The van der Waals surface area contributed by atoms with Crippen LogP contribution in [0.4, 0.5) is 4.79 Å².